The molecule has 0 saturated heterocycles. The highest BCUT2D eigenvalue weighted by molar-refractivity contribution is 5.90. The Labute approximate surface area is 110 Å². The number of nitrogens with one attached hydrogen (secondary N) is 1. The van der Waals surface area contributed by atoms with Gasteiger partial charge in [0.15, 0.2) is 0 Å². The minimum Gasteiger partial charge on any atom is -0.497 e. The standard InChI is InChI=1S/C13H15N3O3/c1-9-15-16-13(19-9)7-6-12(17)14-10-4-3-5-11(8-10)18-2/h3-5,8H,6-7H2,1-2H3,(H,14,17). The first-order valence-electron chi connectivity index (χ1n) is 5.90. The average Bonchev–Trinajstić information content (AvgIpc) is 2.82. The summed E-state index contributed by atoms with van der Waals surface area (Å²) in [5.41, 5.74) is 0.700. The molecule has 1 N–H and O–H groups in total. The number of aryl methyl sites for hydroxylation is 2. The lowest BCUT2D eigenvalue weighted by Crippen LogP contribution is -2.12. The number of methoxy groups -OCH3 is 1. The van der Waals surface area contributed by atoms with Gasteiger partial charge in [-0.1, -0.05) is 6.07 Å². The van der Waals surface area contributed by atoms with E-state index in [9.17, 15) is 4.79 Å². The molecule has 0 aliphatic heterocycles. The van der Waals surface area contributed by atoms with E-state index in [0.717, 1.165) is 0 Å². The van der Waals surface area contributed by atoms with Gasteiger partial charge in [0.1, 0.15) is 5.75 Å². The fourth-order valence-corrected chi connectivity index (χ4v) is 1.58. The van der Waals surface area contributed by atoms with Crippen LogP contribution in [-0.4, -0.2) is 23.2 Å². The highest BCUT2D eigenvalue weighted by Gasteiger charge is 2.07. The Bertz CT molecular complexity index is 566. The minimum absolute atomic E-state index is 0.107. The third-order valence-corrected chi connectivity index (χ3v) is 2.49. The van der Waals surface area contributed by atoms with Crippen LogP contribution in [0, 0.1) is 6.92 Å². The molecule has 100 valence electrons. The summed E-state index contributed by atoms with van der Waals surface area (Å²) < 4.78 is 10.3. The van der Waals surface area contributed by atoms with Crippen LogP contribution in [0.2, 0.25) is 0 Å². The van der Waals surface area contributed by atoms with E-state index in [2.05, 4.69) is 15.5 Å². The first kappa shape index (κ1) is 13.1. The Morgan fingerprint density at radius 3 is 2.95 bits per heavy atom. The molecular weight excluding hydrogens is 246 g/mol. The molecule has 0 saturated carbocycles. The molecule has 19 heavy (non-hydrogen) atoms. The minimum atomic E-state index is -0.107. The van der Waals surface area contributed by atoms with Gasteiger partial charge in [-0.15, -0.1) is 10.2 Å². The largest absolute Gasteiger partial charge is 0.497 e. The second-order valence-electron chi connectivity index (χ2n) is 3.99. The van der Waals surface area contributed by atoms with E-state index in [1.54, 1.807) is 26.2 Å². The van der Waals surface area contributed by atoms with Crippen molar-refractivity contribution in [3.05, 3.63) is 36.0 Å². The van der Waals surface area contributed by atoms with Crippen LogP contribution < -0.4 is 10.1 Å². The number of rotatable bonds is 5. The zero-order valence-electron chi connectivity index (χ0n) is 10.8. The number of nitrogens with zero attached hydrogens (tertiary/aromatic N) is 2. The van der Waals surface area contributed by atoms with Crippen molar-refractivity contribution < 1.29 is 13.9 Å². The maximum atomic E-state index is 11.8. The smallest absolute Gasteiger partial charge is 0.224 e. The molecule has 0 spiro atoms. The fourth-order valence-electron chi connectivity index (χ4n) is 1.58. The van der Waals surface area contributed by atoms with Crippen molar-refractivity contribution in [3.63, 3.8) is 0 Å². The van der Waals surface area contributed by atoms with E-state index >= 15 is 0 Å². The molecule has 1 aromatic heterocycles. The summed E-state index contributed by atoms with van der Waals surface area (Å²) in [5.74, 6) is 1.57. The van der Waals surface area contributed by atoms with Crippen LogP contribution >= 0.6 is 0 Å². The Kier molecular flexibility index (Phi) is 4.12. The number of hydrogen-bond donors (Lipinski definition) is 1. The van der Waals surface area contributed by atoms with Crippen molar-refractivity contribution in [1.82, 2.24) is 10.2 Å². The van der Waals surface area contributed by atoms with Gasteiger partial charge in [-0.05, 0) is 12.1 Å². The number of ether oxygens (including phenoxy) is 1. The molecule has 2 rings (SSSR count). The first-order chi connectivity index (χ1) is 9.17. The molecule has 6 nitrogen and oxygen atoms in total. The number of carbonyl (C=O) groups excluding carboxylic acids is 1. The zero-order chi connectivity index (χ0) is 13.7. The van der Waals surface area contributed by atoms with Gasteiger partial charge in [0.05, 0.1) is 7.11 Å². The number of aromatic nitrogens is 2. The molecule has 6 heteroatoms. The summed E-state index contributed by atoms with van der Waals surface area (Å²) in [6, 6.07) is 7.19. The van der Waals surface area contributed by atoms with Gasteiger partial charge in [-0.2, -0.15) is 0 Å². The van der Waals surface area contributed by atoms with Crippen LogP contribution in [0.5, 0.6) is 5.75 Å². The molecule has 1 heterocycles. The summed E-state index contributed by atoms with van der Waals surface area (Å²) in [6.45, 7) is 1.72. The van der Waals surface area contributed by atoms with Gasteiger partial charge in [0.2, 0.25) is 17.7 Å². The predicted molar refractivity (Wildman–Crippen MR) is 69.0 cm³/mol. The topological polar surface area (TPSA) is 77.2 Å². The van der Waals surface area contributed by atoms with Crippen LogP contribution in [0.3, 0.4) is 0 Å². The molecule has 0 radical (unpaired) electrons. The third kappa shape index (κ3) is 3.80. The average molecular weight is 261 g/mol. The molecule has 0 bridgehead atoms. The van der Waals surface area contributed by atoms with E-state index in [4.69, 9.17) is 9.15 Å². The summed E-state index contributed by atoms with van der Waals surface area (Å²) >= 11 is 0. The first-order valence-corrected chi connectivity index (χ1v) is 5.90. The molecule has 1 aromatic carbocycles. The second-order valence-corrected chi connectivity index (χ2v) is 3.99. The number of hydrogen-bond acceptors (Lipinski definition) is 5. The van der Waals surface area contributed by atoms with Crippen LogP contribution in [0.1, 0.15) is 18.2 Å². The zero-order valence-corrected chi connectivity index (χ0v) is 10.8. The van der Waals surface area contributed by atoms with Crippen LogP contribution in [0.25, 0.3) is 0 Å². The summed E-state index contributed by atoms with van der Waals surface area (Å²) in [5, 5.41) is 10.3. The highest BCUT2D eigenvalue weighted by atomic mass is 16.5. The fraction of sp³-hybridized carbons (Fsp3) is 0.308. The number of carbonyl (C=O) groups is 1. The predicted octanol–water partition coefficient (Wildman–Crippen LogP) is 1.96. The molecule has 0 atom stereocenters. The van der Waals surface area contributed by atoms with Crippen molar-refractivity contribution in [2.75, 3.05) is 12.4 Å². The van der Waals surface area contributed by atoms with Gasteiger partial charge in [0, 0.05) is 31.5 Å². The van der Waals surface area contributed by atoms with E-state index in [1.807, 2.05) is 12.1 Å². The van der Waals surface area contributed by atoms with E-state index in [0.29, 0.717) is 36.1 Å². The monoisotopic (exact) mass is 261 g/mol. The molecule has 2 aromatic rings. The van der Waals surface area contributed by atoms with Crippen LogP contribution in [0.4, 0.5) is 5.69 Å². The number of benzene rings is 1. The molecular formula is C13H15N3O3. The van der Waals surface area contributed by atoms with Gasteiger partial charge in [-0.25, -0.2) is 0 Å². The van der Waals surface area contributed by atoms with Gasteiger partial charge >= 0.3 is 0 Å². The summed E-state index contributed by atoms with van der Waals surface area (Å²) in [4.78, 5) is 11.8. The van der Waals surface area contributed by atoms with E-state index < -0.39 is 0 Å². The van der Waals surface area contributed by atoms with Crippen molar-refractivity contribution in [2.45, 2.75) is 19.8 Å². The Balaban J connectivity index is 1.86. The quantitative estimate of drug-likeness (QED) is 0.890. The lowest BCUT2D eigenvalue weighted by atomic mass is 10.2. The van der Waals surface area contributed by atoms with Crippen LogP contribution in [0.15, 0.2) is 28.7 Å². The lowest BCUT2D eigenvalue weighted by Gasteiger charge is -2.06. The molecule has 0 fully saturated rings. The molecule has 0 aliphatic carbocycles. The van der Waals surface area contributed by atoms with Gasteiger partial charge in [-0.3, -0.25) is 4.79 Å². The summed E-state index contributed by atoms with van der Waals surface area (Å²) in [6.07, 6.45) is 0.718. The van der Waals surface area contributed by atoms with Gasteiger partial charge in [0.25, 0.3) is 0 Å². The van der Waals surface area contributed by atoms with Crippen molar-refractivity contribution >= 4 is 11.6 Å². The van der Waals surface area contributed by atoms with Crippen molar-refractivity contribution in [1.29, 1.82) is 0 Å². The van der Waals surface area contributed by atoms with Crippen LogP contribution in [-0.2, 0) is 11.2 Å². The molecule has 0 unspecified atom stereocenters. The Morgan fingerprint density at radius 2 is 2.26 bits per heavy atom. The van der Waals surface area contributed by atoms with E-state index in [-0.39, 0.29) is 5.91 Å². The Morgan fingerprint density at radius 1 is 1.42 bits per heavy atom. The number of anilines is 1. The number of amides is 1. The second kappa shape index (κ2) is 5.99. The molecule has 1 amide bonds. The van der Waals surface area contributed by atoms with Crippen molar-refractivity contribution in [3.8, 4) is 5.75 Å². The molecule has 0 aliphatic rings. The normalized spacial score (nSPS) is 10.2. The van der Waals surface area contributed by atoms with Gasteiger partial charge < -0.3 is 14.5 Å². The van der Waals surface area contributed by atoms with Crippen molar-refractivity contribution in [2.24, 2.45) is 0 Å². The highest BCUT2D eigenvalue weighted by Crippen LogP contribution is 2.16. The van der Waals surface area contributed by atoms with E-state index in [1.165, 1.54) is 0 Å². The summed E-state index contributed by atoms with van der Waals surface area (Å²) in [7, 11) is 1.58. The maximum Gasteiger partial charge on any atom is 0.224 e. The third-order valence-electron chi connectivity index (χ3n) is 2.49. The maximum absolute atomic E-state index is 11.8. The SMILES string of the molecule is COc1cccc(NC(=O)CCc2nnc(C)o2)c1. The lowest BCUT2D eigenvalue weighted by molar-refractivity contribution is -0.116. The Hall–Kier alpha value is -2.37.